The van der Waals surface area contributed by atoms with Gasteiger partial charge in [0.25, 0.3) is 0 Å². The predicted molar refractivity (Wildman–Crippen MR) is 90.2 cm³/mol. The van der Waals surface area contributed by atoms with E-state index in [1.807, 2.05) is 0 Å². The van der Waals surface area contributed by atoms with Crippen molar-refractivity contribution in [2.24, 2.45) is 5.41 Å². The first-order valence-electron chi connectivity index (χ1n) is 8.68. The minimum Gasteiger partial charge on any atom is -0.379 e. The molecule has 0 amide bonds. The van der Waals surface area contributed by atoms with Gasteiger partial charge in [-0.25, -0.2) is 22.7 Å². The average molecular weight is 352 g/mol. The Morgan fingerprint density at radius 1 is 1.17 bits per heavy atom. The number of aromatic nitrogens is 2. The van der Waals surface area contributed by atoms with Crippen LogP contribution in [0, 0.1) is 5.41 Å². The van der Waals surface area contributed by atoms with Gasteiger partial charge in [-0.1, -0.05) is 0 Å². The van der Waals surface area contributed by atoms with Gasteiger partial charge < -0.3 is 9.64 Å². The van der Waals surface area contributed by atoms with E-state index in [1.165, 1.54) is 0 Å². The van der Waals surface area contributed by atoms with Gasteiger partial charge in [0.05, 0.1) is 18.5 Å². The number of sulfonamides is 1. The fourth-order valence-electron chi connectivity index (χ4n) is 3.82. The predicted octanol–water partition coefficient (Wildman–Crippen LogP) is 0.888. The normalized spacial score (nSPS) is 29.6. The molecule has 3 fully saturated rings. The van der Waals surface area contributed by atoms with Crippen molar-refractivity contribution in [1.29, 1.82) is 0 Å². The molecule has 0 unspecified atom stereocenters. The summed E-state index contributed by atoms with van der Waals surface area (Å²) in [5.41, 5.74) is -0.171. The lowest BCUT2D eigenvalue weighted by Crippen LogP contribution is -2.53. The van der Waals surface area contributed by atoms with E-state index in [4.69, 9.17) is 4.74 Å². The summed E-state index contributed by atoms with van der Waals surface area (Å²) < 4.78 is 32.9. The first-order chi connectivity index (χ1) is 11.6. The molecule has 2 aliphatic heterocycles. The molecule has 1 aliphatic carbocycles. The van der Waals surface area contributed by atoms with Gasteiger partial charge in [0.15, 0.2) is 0 Å². The highest BCUT2D eigenvalue weighted by Crippen LogP contribution is 2.38. The van der Waals surface area contributed by atoms with E-state index in [1.54, 1.807) is 22.8 Å². The number of piperidine rings is 1. The van der Waals surface area contributed by atoms with Crippen molar-refractivity contribution in [2.75, 3.05) is 44.3 Å². The molecule has 24 heavy (non-hydrogen) atoms. The lowest BCUT2D eigenvalue weighted by molar-refractivity contribution is 0.0349. The molecule has 1 saturated carbocycles. The van der Waals surface area contributed by atoms with Crippen molar-refractivity contribution < 1.29 is 13.2 Å². The molecule has 1 spiro atoms. The summed E-state index contributed by atoms with van der Waals surface area (Å²) in [6.45, 7) is 3.90. The third-order valence-electron chi connectivity index (χ3n) is 5.21. The average Bonchev–Trinajstić information content (AvgIpc) is 3.44. The van der Waals surface area contributed by atoms with E-state index in [0.717, 1.165) is 38.8 Å². The van der Waals surface area contributed by atoms with Crippen LogP contribution in [0.4, 0.5) is 5.95 Å². The van der Waals surface area contributed by atoms with Crippen LogP contribution in [0.5, 0.6) is 0 Å². The molecule has 4 rings (SSSR count). The van der Waals surface area contributed by atoms with E-state index in [-0.39, 0.29) is 10.7 Å². The maximum atomic E-state index is 12.7. The number of hydrogen-bond acceptors (Lipinski definition) is 6. The van der Waals surface area contributed by atoms with Crippen molar-refractivity contribution in [3.05, 3.63) is 18.5 Å². The zero-order valence-electron chi connectivity index (χ0n) is 13.8. The highest BCUT2D eigenvalue weighted by Gasteiger charge is 2.46. The van der Waals surface area contributed by atoms with Crippen LogP contribution >= 0.6 is 0 Å². The van der Waals surface area contributed by atoms with Crippen molar-refractivity contribution in [1.82, 2.24) is 14.3 Å². The molecule has 1 aromatic heterocycles. The van der Waals surface area contributed by atoms with E-state index in [0.29, 0.717) is 32.3 Å². The SMILES string of the molecule is O=S(=O)(C1CC1)N1CCC[C@@]2(COCCN(c3ncccn3)C2)C1. The molecule has 1 atom stereocenters. The van der Waals surface area contributed by atoms with Crippen LogP contribution in [0.1, 0.15) is 25.7 Å². The topological polar surface area (TPSA) is 75.6 Å². The Morgan fingerprint density at radius 3 is 2.71 bits per heavy atom. The zero-order valence-corrected chi connectivity index (χ0v) is 14.6. The first-order valence-corrected chi connectivity index (χ1v) is 10.2. The van der Waals surface area contributed by atoms with Crippen LogP contribution in [-0.4, -0.2) is 67.3 Å². The van der Waals surface area contributed by atoms with Crippen molar-refractivity contribution in [3.63, 3.8) is 0 Å². The summed E-state index contributed by atoms with van der Waals surface area (Å²) in [5.74, 6) is 0.699. The maximum Gasteiger partial charge on any atom is 0.225 e. The minimum atomic E-state index is -3.13. The lowest BCUT2D eigenvalue weighted by atomic mass is 9.81. The summed E-state index contributed by atoms with van der Waals surface area (Å²) in [4.78, 5) is 10.9. The molecule has 8 heteroatoms. The molecule has 3 heterocycles. The standard InChI is InChI=1S/C16H24N4O3S/c21-24(22,14-3-4-14)20-8-1-5-16(12-20)11-19(9-10-23-13-16)15-17-6-2-7-18-15/h2,6-7,14H,1,3-5,8-13H2/t16-/m0/s1. The summed E-state index contributed by atoms with van der Waals surface area (Å²) in [5, 5.41) is -0.145. The number of ether oxygens (including phenoxy) is 1. The van der Waals surface area contributed by atoms with Gasteiger partial charge in [-0.3, -0.25) is 0 Å². The number of rotatable bonds is 3. The van der Waals surface area contributed by atoms with Crippen LogP contribution in [0.15, 0.2) is 18.5 Å². The molecule has 3 aliphatic rings. The fourth-order valence-corrected chi connectivity index (χ4v) is 5.81. The minimum absolute atomic E-state index is 0.145. The Hall–Kier alpha value is -1.25. The zero-order chi connectivity index (χ0) is 16.6. The van der Waals surface area contributed by atoms with Gasteiger partial charge >= 0.3 is 0 Å². The third kappa shape index (κ3) is 3.14. The lowest BCUT2D eigenvalue weighted by Gasteiger charge is -2.43. The Labute approximate surface area is 143 Å². The van der Waals surface area contributed by atoms with Crippen LogP contribution in [-0.2, 0) is 14.8 Å². The van der Waals surface area contributed by atoms with Crippen molar-refractivity contribution in [2.45, 2.75) is 30.9 Å². The van der Waals surface area contributed by atoms with Crippen LogP contribution in [0.2, 0.25) is 0 Å². The van der Waals surface area contributed by atoms with Crippen molar-refractivity contribution >= 4 is 16.0 Å². The first kappa shape index (κ1) is 16.2. The molecule has 0 aromatic carbocycles. The number of nitrogens with zero attached hydrogens (tertiary/aromatic N) is 4. The summed E-state index contributed by atoms with van der Waals surface area (Å²) in [7, 11) is -3.13. The van der Waals surface area contributed by atoms with E-state index in [2.05, 4.69) is 14.9 Å². The van der Waals surface area contributed by atoms with E-state index in [9.17, 15) is 8.42 Å². The molecule has 2 saturated heterocycles. The number of anilines is 1. The summed E-state index contributed by atoms with van der Waals surface area (Å²) in [6.07, 6.45) is 6.97. The molecule has 0 bridgehead atoms. The molecular weight excluding hydrogens is 328 g/mol. The maximum absolute atomic E-state index is 12.7. The van der Waals surface area contributed by atoms with Gasteiger partial charge in [0.2, 0.25) is 16.0 Å². The van der Waals surface area contributed by atoms with Gasteiger partial charge in [-0.2, -0.15) is 0 Å². The molecule has 0 radical (unpaired) electrons. The smallest absolute Gasteiger partial charge is 0.225 e. The van der Waals surface area contributed by atoms with Gasteiger partial charge in [-0.15, -0.1) is 0 Å². The highest BCUT2D eigenvalue weighted by atomic mass is 32.2. The van der Waals surface area contributed by atoms with Crippen LogP contribution in [0.3, 0.4) is 0 Å². The number of hydrogen-bond donors (Lipinski definition) is 0. The van der Waals surface area contributed by atoms with Gasteiger partial charge in [-0.05, 0) is 31.7 Å². The third-order valence-corrected chi connectivity index (χ3v) is 7.55. The second-order valence-electron chi connectivity index (χ2n) is 7.20. The van der Waals surface area contributed by atoms with Gasteiger partial charge in [0, 0.05) is 44.0 Å². The highest BCUT2D eigenvalue weighted by molar-refractivity contribution is 7.90. The summed E-state index contributed by atoms with van der Waals surface area (Å²) >= 11 is 0. The molecule has 132 valence electrons. The molecule has 1 aromatic rings. The molecule has 7 nitrogen and oxygen atoms in total. The Balaban J connectivity index is 1.56. The van der Waals surface area contributed by atoms with E-state index >= 15 is 0 Å². The Morgan fingerprint density at radius 2 is 1.96 bits per heavy atom. The monoisotopic (exact) mass is 352 g/mol. The Kier molecular flexibility index (Phi) is 4.22. The second kappa shape index (κ2) is 6.24. The second-order valence-corrected chi connectivity index (χ2v) is 9.42. The largest absolute Gasteiger partial charge is 0.379 e. The quantitative estimate of drug-likeness (QED) is 0.804. The molecular formula is C16H24N4O3S. The molecule has 0 N–H and O–H groups in total. The Bertz CT molecular complexity index is 680. The van der Waals surface area contributed by atoms with E-state index < -0.39 is 10.0 Å². The fraction of sp³-hybridized carbons (Fsp3) is 0.750. The van der Waals surface area contributed by atoms with Crippen molar-refractivity contribution in [3.8, 4) is 0 Å². The van der Waals surface area contributed by atoms with Gasteiger partial charge in [0.1, 0.15) is 0 Å². The summed E-state index contributed by atoms with van der Waals surface area (Å²) in [6, 6.07) is 1.80. The van der Waals surface area contributed by atoms with Crippen LogP contribution < -0.4 is 4.90 Å². The van der Waals surface area contributed by atoms with Crippen LogP contribution in [0.25, 0.3) is 0 Å².